The zero-order valence-corrected chi connectivity index (χ0v) is 12.8. The normalized spacial score (nSPS) is 12.6. The average molecular weight is 308 g/mol. The van der Waals surface area contributed by atoms with Crippen LogP contribution in [0.25, 0.3) is 0 Å². The lowest BCUT2D eigenvalue weighted by atomic mass is 10.1. The third-order valence-electron chi connectivity index (χ3n) is 3.01. The van der Waals surface area contributed by atoms with Crippen LogP contribution in [0, 0.1) is 0 Å². The van der Waals surface area contributed by atoms with Gasteiger partial charge in [0, 0.05) is 11.8 Å². The number of halogens is 2. The van der Waals surface area contributed by atoms with E-state index in [9.17, 15) is 0 Å². The van der Waals surface area contributed by atoms with Gasteiger partial charge >= 0.3 is 0 Å². The van der Waals surface area contributed by atoms with E-state index in [0.717, 1.165) is 16.9 Å². The van der Waals surface area contributed by atoms with E-state index in [4.69, 9.17) is 27.9 Å². The molecule has 0 amide bonds. The first kappa shape index (κ1) is 14.9. The van der Waals surface area contributed by atoms with E-state index in [1.807, 2.05) is 43.3 Å². The fourth-order valence-electron chi connectivity index (χ4n) is 1.89. The van der Waals surface area contributed by atoms with Crippen molar-refractivity contribution in [2.24, 2.45) is 4.99 Å². The molecule has 1 atom stereocenters. The Morgan fingerprint density at radius 2 is 1.85 bits per heavy atom. The summed E-state index contributed by atoms with van der Waals surface area (Å²) in [5.41, 5.74) is 1.84. The molecule has 0 radical (unpaired) electrons. The summed E-state index contributed by atoms with van der Waals surface area (Å²) >= 11 is 12.2. The number of para-hydroxylation sites is 1. The molecule has 4 heteroatoms. The van der Waals surface area contributed by atoms with Gasteiger partial charge in [-0.25, -0.2) is 0 Å². The lowest BCUT2D eigenvalue weighted by Gasteiger charge is -2.10. The highest BCUT2D eigenvalue weighted by Gasteiger charge is 2.10. The molecule has 0 heterocycles. The standard InChI is InChI=1S/C16H15Cl2NO/c1-11(13-7-5-8-14(17)16(13)18)19-10-12-6-3-4-9-15(12)20-2/h3-11H,1-2H3. The van der Waals surface area contributed by atoms with E-state index >= 15 is 0 Å². The van der Waals surface area contributed by atoms with Crippen LogP contribution in [-0.4, -0.2) is 13.3 Å². The summed E-state index contributed by atoms with van der Waals surface area (Å²) < 4.78 is 5.29. The number of methoxy groups -OCH3 is 1. The maximum atomic E-state index is 6.20. The van der Waals surface area contributed by atoms with Crippen molar-refractivity contribution in [1.82, 2.24) is 0 Å². The average Bonchev–Trinajstić information content (AvgIpc) is 2.48. The van der Waals surface area contributed by atoms with Gasteiger partial charge in [-0.05, 0) is 30.7 Å². The van der Waals surface area contributed by atoms with E-state index in [0.29, 0.717) is 10.0 Å². The van der Waals surface area contributed by atoms with Crippen molar-refractivity contribution in [2.45, 2.75) is 13.0 Å². The van der Waals surface area contributed by atoms with Crippen LogP contribution >= 0.6 is 23.2 Å². The summed E-state index contributed by atoms with van der Waals surface area (Å²) in [4.78, 5) is 4.53. The van der Waals surface area contributed by atoms with E-state index in [1.165, 1.54) is 0 Å². The van der Waals surface area contributed by atoms with Crippen molar-refractivity contribution < 1.29 is 4.74 Å². The molecule has 1 unspecified atom stereocenters. The summed E-state index contributed by atoms with van der Waals surface area (Å²) in [5.74, 6) is 0.792. The van der Waals surface area contributed by atoms with E-state index in [1.54, 1.807) is 19.4 Å². The monoisotopic (exact) mass is 307 g/mol. The molecule has 2 rings (SSSR count). The van der Waals surface area contributed by atoms with Crippen molar-refractivity contribution >= 4 is 29.4 Å². The second-order valence-electron chi connectivity index (χ2n) is 4.34. The fraction of sp³-hybridized carbons (Fsp3) is 0.188. The molecule has 0 spiro atoms. The van der Waals surface area contributed by atoms with Gasteiger partial charge in [-0.3, -0.25) is 4.99 Å². The molecule has 0 aromatic heterocycles. The molecule has 0 aliphatic heterocycles. The molecule has 0 saturated carbocycles. The molecule has 0 fully saturated rings. The predicted octanol–water partition coefficient (Wildman–Crippen LogP) is 5.18. The van der Waals surface area contributed by atoms with Crippen molar-refractivity contribution in [2.75, 3.05) is 7.11 Å². The molecule has 0 aliphatic carbocycles. The van der Waals surface area contributed by atoms with Crippen LogP contribution in [0.3, 0.4) is 0 Å². The summed E-state index contributed by atoms with van der Waals surface area (Å²) in [6, 6.07) is 13.2. The Bertz CT molecular complexity index is 626. The maximum Gasteiger partial charge on any atom is 0.127 e. The van der Waals surface area contributed by atoms with E-state index in [-0.39, 0.29) is 6.04 Å². The third-order valence-corrected chi connectivity index (χ3v) is 3.84. The lowest BCUT2D eigenvalue weighted by molar-refractivity contribution is 0.414. The summed E-state index contributed by atoms with van der Waals surface area (Å²) in [6.07, 6.45) is 1.79. The molecule has 2 aromatic carbocycles. The van der Waals surface area contributed by atoms with Gasteiger partial charge in [-0.2, -0.15) is 0 Å². The Hall–Kier alpha value is -1.51. The zero-order valence-electron chi connectivity index (χ0n) is 11.3. The number of hydrogen-bond donors (Lipinski definition) is 0. The van der Waals surface area contributed by atoms with Crippen LogP contribution < -0.4 is 4.74 Å². The highest BCUT2D eigenvalue weighted by atomic mass is 35.5. The Morgan fingerprint density at radius 1 is 1.10 bits per heavy atom. The molecular weight excluding hydrogens is 293 g/mol. The summed E-state index contributed by atoms with van der Waals surface area (Å²) in [6.45, 7) is 1.98. The molecule has 2 nitrogen and oxygen atoms in total. The molecule has 0 aliphatic rings. The number of hydrogen-bond acceptors (Lipinski definition) is 2. The summed E-state index contributed by atoms with van der Waals surface area (Å²) in [7, 11) is 1.64. The SMILES string of the molecule is COc1ccccc1C=NC(C)c1cccc(Cl)c1Cl. The quantitative estimate of drug-likeness (QED) is 0.713. The van der Waals surface area contributed by atoms with Gasteiger partial charge in [0.05, 0.1) is 23.2 Å². The maximum absolute atomic E-state index is 6.20. The van der Waals surface area contributed by atoms with Crippen LogP contribution in [0.4, 0.5) is 0 Å². The van der Waals surface area contributed by atoms with Crippen LogP contribution in [0.5, 0.6) is 5.75 Å². The fourth-order valence-corrected chi connectivity index (χ4v) is 2.35. The molecule has 104 valence electrons. The predicted molar refractivity (Wildman–Crippen MR) is 85.5 cm³/mol. The van der Waals surface area contributed by atoms with Crippen molar-refractivity contribution in [3.63, 3.8) is 0 Å². The van der Waals surface area contributed by atoms with Crippen LogP contribution in [-0.2, 0) is 0 Å². The largest absolute Gasteiger partial charge is 0.496 e. The molecule has 0 saturated heterocycles. The number of ether oxygens (including phenoxy) is 1. The first-order valence-electron chi connectivity index (χ1n) is 6.23. The third kappa shape index (κ3) is 3.33. The summed E-state index contributed by atoms with van der Waals surface area (Å²) in [5, 5.41) is 1.10. The number of nitrogens with zero attached hydrogens (tertiary/aromatic N) is 1. The van der Waals surface area contributed by atoms with Gasteiger partial charge in [0.1, 0.15) is 5.75 Å². The lowest BCUT2D eigenvalue weighted by Crippen LogP contribution is -1.95. The molecule has 20 heavy (non-hydrogen) atoms. The topological polar surface area (TPSA) is 21.6 Å². The first-order chi connectivity index (χ1) is 9.63. The molecule has 0 bridgehead atoms. The minimum atomic E-state index is -0.0777. The van der Waals surface area contributed by atoms with Gasteiger partial charge in [0.15, 0.2) is 0 Å². The zero-order chi connectivity index (χ0) is 14.5. The number of rotatable bonds is 4. The molecule has 2 aromatic rings. The molecular formula is C16H15Cl2NO. The molecule has 0 N–H and O–H groups in total. The van der Waals surface area contributed by atoms with Crippen LogP contribution in [0.15, 0.2) is 47.5 Å². The van der Waals surface area contributed by atoms with Gasteiger partial charge in [0.25, 0.3) is 0 Å². The highest BCUT2D eigenvalue weighted by molar-refractivity contribution is 6.42. The van der Waals surface area contributed by atoms with Gasteiger partial charge in [-0.1, -0.05) is 47.5 Å². The highest BCUT2D eigenvalue weighted by Crippen LogP contribution is 2.31. The van der Waals surface area contributed by atoms with Gasteiger partial charge < -0.3 is 4.74 Å². The Kier molecular flexibility index (Phi) is 5.05. The van der Waals surface area contributed by atoms with Crippen molar-refractivity contribution in [3.8, 4) is 5.75 Å². The minimum absolute atomic E-state index is 0.0777. The number of benzene rings is 2. The number of aliphatic imine (C=N–C) groups is 1. The van der Waals surface area contributed by atoms with Crippen LogP contribution in [0.2, 0.25) is 10.0 Å². The van der Waals surface area contributed by atoms with Crippen molar-refractivity contribution in [1.29, 1.82) is 0 Å². The Balaban J connectivity index is 2.25. The second-order valence-corrected chi connectivity index (χ2v) is 5.12. The van der Waals surface area contributed by atoms with Gasteiger partial charge in [-0.15, -0.1) is 0 Å². The van der Waals surface area contributed by atoms with Crippen LogP contribution in [0.1, 0.15) is 24.1 Å². The first-order valence-corrected chi connectivity index (χ1v) is 6.99. The Morgan fingerprint density at radius 3 is 2.60 bits per heavy atom. The minimum Gasteiger partial charge on any atom is -0.496 e. The Labute approximate surface area is 129 Å². The van der Waals surface area contributed by atoms with E-state index in [2.05, 4.69) is 4.99 Å². The smallest absolute Gasteiger partial charge is 0.127 e. The second kappa shape index (κ2) is 6.78. The van der Waals surface area contributed by atoms with Crippen molar-refractivity contribution in [3.05, 3.63) is 63.6 Å². The van der Waals surface area contributed by atoms with Gasteiger partial charge in [0.2, 0.25) is 0 Å². The van der Waals surface area contributed by atoms with E-state index < -0.39 is 0 Å².